The van der Waals surface area contributed by atoms with Crippen molar-refractivity contribution in [2.24, 2.45) is 0 Å². The molecule has 0 bridgehead atoms. The SMILES string of the molecule is N#Cc1ccc(Cl)cc1OCc1ccccc1Br. The highest BCUT2D eigenvalue weighted by molar-refractivity contribution is 9.10. The van der Waals surface area contributed by atoms with E-state index in [9.17, 15) is 0 Å². The van der Waals surface area contributed by atoms with E-state index in [2.05, 4.69) is 22.0 Å². The minimum absolute atomic E-state index is 0.385. The van der Waals surface area contributed by atoms with Gasteiger partial charge in [0.15, 0.2) is 0 Å². The van der Waals surface area contributed by atoms with E-state index in [0.717, 1.165) is 10.0 Å². The fraction of sp³-hybridized carbons (Fsp3) is 0.0714. The third kappa shape index (κ3) is 3.04. The van der Waals surface area contributed by atoms with E-state index in [4.69, 9.17) is 21.6 Å². The average molecular weight is 323 g/mol. The minimum atomic E-state index is 0.385. The summed E-state index contributed by atoms with van der Waals surface area (Å²) in [5.41, 5.74) is 1.49. The summed E-state index contributed by atoms with van der Waals surface area (Å²) < 4.78 is 6.62. The Morgan fingerprint density at radius 3 is 2.72 bits per heavy atom. The van der Waals surface area contributed by atoms with E-state index in [0.29, 0.717) is 22.9 Å². The van der Waals surface area contributed by atoms with E-state index in [-0.39, 0.29) is 0 Å². The lowest BCUT2D eigenvalue weighted by Gasteiger charge is -2.09. The highest BCUT2D eigenvalue weighted by Crippen LogP contribution is 2.25. The van der Waals surface area contributed by atoms with Crippen LogP contribution >= 0.6 is 27.5 Å². The first-order valence-corrected chi connectivity index (χ1v) is 6.43. The van der Waals surface area contributed by atoms with Gasteiger partial charge in [-0.25, -0.2) is 0 Å². The lowest BCUT2D eigenvalue weighted by molar-refractivity contribution is 0.304. The molecule has 90 valence electrons. The van der Waals surface area contributed by atoms with Crippen LogP contribution in [0, 0.1) is 11.3 Å². The van der Waals surface area contributed by atoms with Gasteiger partial charge in [0, 0.05) is 21.1 Å². The second-order valence-electron chi connectivity index (χ2n) is 3.63. The standard InChI is InChI=1S/C14H9BrClNO/c15-13-4-2-1-3-11(13)9-18-14-7-12(16)6-5-10(14)8-17/h1-7H,9H2. The molecule has 2 nitrogen and oxygen atoms in total. The Labute approximate surface area is 119 Å². The molecule has 0 heterocycles. The second kappa shape index (κ2) is 5.90. The van der Waals surface area contributed by atoms with E-state index in [1.807, 2.05) is 24.3 Å². The van der Waals surface area contributed by atoms with Gasteiger partial charge in [0.05, 0.1) is 5.56 Å². The lowest BCUT2D eigenvalue weighted by Crippen LogP contribution is -1.98. The number of benzene rings is 2. The van der Waals surface area contributed by atoms with Crippen LogP contribution in [-0.4, -0.2) is 0 Å². The zero-order valence-electron chi connectivity index (χ0n) is 9.36. The quantitative estimate of drug-likeness (QED) is 0.830. The summed E-state index contributed by atoms with van der Waals surface area (Å²) in [6, 6.07) is 14.8. The highest BCUT2D eigenvalue weighted by atomic mass is 79.9. The van der Waals surface area contributed by atoms with Gasteiger partial charge in [-0.2, -0.15) is 5.26 Å². The Balaban J connectivity index is 2.18. The van der Waals surface area contributed by atoms with Crippen LogP contribution in [0.5, 0.6) is 5.75 Å². The topological polar surface area (TPSA) is 33.0 Å². The van der Waals surface area contributed by atoms with Crippen LogP contribution in [0.1, 0.15) is 11.1 Å². The number of nitrogens with zero attached hydrogens (tertiary/aromatic N) is 1. The molecule has 0 atom stereocenters. The van der Waals surface area contributed by atoms with Crippen LogP contribution in [0.25, 0.3) is 0 Å². The molecule has 0 unspecified atom stereocenters. The normalized spacial score (nSPS) is 9.83. The first-order valence-electron chi connectivity index (χ1n) is 5.26. The number of nitriles is 1. The number of hydrogen-bond acceptors (Lipinski definition) is 2. The molecule has 2 rings (SSSR count). The van der Waals surface area contributed by atoms with Crippen LogP contribution in [0.2, 0.25) is 5.02 Å². The molecule has 0 N–H and O–H groups in total. The van der Waals surface area contributed by atoms with E-state index >= 15 is 0 Å². The maximum Gasteiger partial charge on any atom is 0.139 e. The van der Waals surface area contributed by atoms with Crippen molar-refractivity contribution in [2.45, 2.75) is 6.61 Å². The molecule has 0 amide bonds. The molecule has 0 aliphatic rings. The molecule has 0 spiro atoms. The Morgan fingerprint density at radius 2 is 2.00 bits per heavy atom. The van der Waals surface area contributed by atoms with Crippen molar-refractivity contribution >= 4 is 27.5 Å². The van der Waals surface area contributed by atoms with Gasteiger partial charge in [-0.1, -0.05) is 45.7 Å². The summed E-state index contributed by atoms with van der Waals surface area (Å²) >= 11 is 9.34. The predicted molar refractivity (Wildman–Crippen MR) is 74.6 cm³/mol. The molecule has 0 radical (unpaired) electrons. The summed E-state index contributed by atoms with van der Waals surface area (Å²) in [5, 5.41) is 9.53. The van der Waals surface area contributed by atoms with Crippen molar-refractivity contribution in [3.05, 3.63) is 63.1 Å². The highest BCUT2D eigenvalue weighted by Gasteiger charge is 2.05. The summed E-state index contributed by atoms with van der Waals surface area (Å²) in [7, 11) is 0. The Bertz CT molecular complexity index is 607. The van der Waals surface area contributed by atoms with Gasteiger partial charge >= 0.3 is 0 Å². The Kier molecular flexibility index (Phi) is 4.24. The maximum atomic E-state index is 8.98. The number of ether oxygens (including phenoxy) is 1. The molecular weight excluding hydrogens is 314 g/mol. The monoisotopic (exact) mass is 321 g/mol. The molecule has 0 fully saturated rings. The number of hydrogen-bond donors (Lipinski definition) is 0. The second-order valence-corrected chi connectivity index (χ2v) is 4.92. The van der Waals surface area contributed by atoms with E-state index in [1.165, 1.54) is 0 Å². The van der Waals surface area contributed by atoms with Crippen molar-refractivity contribution in [2.75, 3.05) is 0 Å². The summed E-state index contributed by atoms with van der Waals surface area (Å²) in [4.78, 5) is 0. The molecule has 4 heteroatoms. The van der Waals surface area contributed by atoms with Gasteiger partial charge < -0.3 is 4.74 Å². The zero-order chi connectivity index (χ0) is 13.0. The molecule has 0 aliphatic carbocycles. The summed E-state index contributed by atoms with van der Waals surface area (Å²) in [6.07, 6.45) is 0. The van der Waals surface area contributed by atoms with Gasteiger partial charge in [-0.3, -0.25) is 0 Å². The van der Waals surface area contributed by atoms with Crippen molar-refractivity contribution < 1.29 is 4.74 Å². The third-order valence-corrected chi connectivity index (χ3v) is 3.41. The van der Waals surface area contributed by atoms with Crippen molar-refractivity contribution in [3.63, 3.8) is 0 Å². The zero-order valence-corrected chi connectivity index (χ0v) is 11.7. The molecule has 2 aromatic carbocycles. The Hall–Kier alpha value is -1.50. The fourth-order valence-corrected chi connectivity index (χ4v) is 2.04. The molecule has 18 heavy (non-hydrogen) atoms. The first-order chi connectivity index (χ1) is 8.70. The molecule has 0 aromatic heterocycles. The van der Waals surface area contributed by atoms with Crippen molar-refractivity contribution in [1.29, 1.82) is 5.26 Å². The van der Waals surface area contributed by atoms with Crippen molar-refractivity contribution in [3.8, 4) is 11.8 Å². The van der Waals surface area contributed by atoms with Crippen LogP contribution < -0.4 is 4.74 Å². The van der Waals surface area contributed by atoms with Gasteiger partial charge in [-0.15, -0.1) is 0 Å². The van der Waals surface area contributed by atoms with Crippen LogP contribution in [0.4, 0.5) is 0 Å². The maximum absolute atomic E-state index is 8.98. The first kappa shape index (κ1) is 12.9. The largest absolute Gasteiger partial charge is 0.487 e. The Morgan fingerprint density at radius 1 is 1.22 bits per heavy atom. The third-order valence-electron chi connectivity index (χ3n) is 2.41. The smallest absolute Gasteiger partial charge is 0.139 e. The molecule has 0 saturated carbocycles. The number of halogens is 2. The summed E-state index contributed by atoms with van der Waals surface area (Å²) in [5.74, 6) is 0.501. The van der Waals surface area contributed by atoms with Crippen molar-refractivity contribution in [1.82, 2.24) is 0 Å². The minimum Gasteiger partial charge on any atom is -0.487 e. The van der Waals surface area contributed by atoms with Crippen LogP contribution in [0.3, 0.4) is 0 Å². The summed E-state index contributed by atoms with van der Waals surface area (Å²) in [6.45, 7) is 0.385. The lowest BCUT2D eigenvalue weighted by atomic mass is 10.2. The fourth-order valence-electron chi connectivity index (χ4n) is 1.48. The average Bonchev–Trinajstić information content (AvgIpc) is 2.38. The van der Waals surface area contributed by atoms with E-state index in [1.54, 1.807) is 18.2 Å². The van der Waals surface area contributed by atoms with Gasteiger partial charge in [0.1, 0.15) is 18.4 Å². The molecular formula is C14H9BrClNO. The molecule has 2 aromatic rings. The van der Waals surface area contributed by atoms with Crippen LogP contribution in [0.15, 0.2) is 46.9 Å². The van der Waals surface area contributed by atoms with Gasteiger partial charge in [0.2, 0.25) is 0 Å². The number of rotatable bonds is 3. The van der Waals surface area contributed by atoms with Gasteiger partial charge in [0.25, 0.3) is 0 Å². The molecule has 0 saturated heterocycles. The van der Waals surface area contributed by atoms with Crippen LogP contribution in [-0.2, 0) is 6.61 Å². The van der Waals surface area contributed by atoms with Gasteiger partial charge in [-0.05, 0) is 18.2 Å². The molecule has 0 aliphatic heterocycles. The predicted octanol–water partition coefficient (Wildman–Crippen LogP) is 4.55. The van der Waals surface area contributed by atoms with E-state index < -0.39 is 0 Å².